The average molecular weight is 364 g/mol. The van der Waals surface area contributed by atoms with Crippen molar-refractivity contribution in [3.63, 3.8) is 0 Å². The third-order valence-electron chi connectivity index (χ3n) is 3.99. The minimum Gasteiger partial charge on any atom is -0.481 e. The Labute approximate surface area is 148 Å². The molecule has 0 heterocycles. The zero-order chi connectivity index (χ0) is 18.4. The molecule has 2 aromatic rings. The molecular formula is C18H24N2O4S. The number of hydrogen-bond donors (Lipinski definition) is 2. The van der Waals surface area contributed by atoms with Gasteiger partial charge in [-0.15, -0.1) is 0 Å². The van der Waals surface area contributed by atoms with Crippen molar-refractivity contribution in [3.05, 3.63) is 36.4 Å². The number of hydrogen-bond acceptors (Lipinski definition) is 4. The molecule has 25 heavy (non-hydrogen) atoms. The van der Waals surface area contributed by atoms with Crippen LogP contribution in [-0.4, -0.2) is 40.1 Å². The van der Waals surface area contributed by atoms with Gasteiger partial charge in [0.2, 0.25) is 10.0 Å². The Bertz CT molecular complexity index is 847. The Hall–Kier alpha value is -2.12. The van der Waals surface area contributed by atoms with Gasteiger partial charge in [-0.05, 0) is 25.0 Å². The van der Waals surface area contributed by atoms with E-state index in [0.717, 1.165) is 11.1 Å². The van der Waals surface area contributed by atoms with Crippen LogP contribution in [0.3, 0.4) is 0 Å². The molecule has 0 spiro atoms. The molecule has 2 N–H and O–H groups in total. The molecule has 0 aromatic heterocycles. The molecule has 6 nitrogen and oxygen atoms in total. The summed E-state index contributed by atoms with van der Waals surface area (Å²) in [6.07, 6.45) is 1.95. The summed E-state index contributed by atoms with van der Waals surface area (Å²) in [7, 11) is 0.226. The number of rotatable bonds is 9. The third-order valence-corrected chi connectivity index (χ3v) is 5.51. The number of sulfonamides is 1. The van der Waals surface area contributed by atoms with Crippen LogP contribution >= 0.6 is 0 Å². The first kappa shape index (κ1) is 19.2. The fraction of sp³-hybridized carbons (Fsp3) is 0.389. The second-order valence-electron chi connectivity index (χ2n) is 6.13. The lowest BCUT2D eigenvalue weighted by Crippen LogP contribution is -2.25. The second kappa shape index (κ2) is 8.31. The van der Waals surface area contributed by atoms with Crippen molar-refractivity contribution >= 4 is 32.5 Å². The maximum Gasteiger partial charge on any atom is 0.303 e. The Balaban J connectivity index is 2.14. The van der Waals surface area contributed by atoms with Crippen molar-refractivity contribution in [1.82, 2.24) is 4.72 Å². The van der Waals surface area contributed by atoms with Crippen molar-refractivity contribution in [1.29, 1.82) is 0 Å². The molecule has 0 aliphatic heterocycles. The number of nitrogens with zero attached hydrogens (tertiary/aromatic N) is 1. The lowest BCUT2D eigenvalue weighted by Gasteiger charge is -2.17. The van der Waals surface area contributed by atoms with E-state index >= 15 is 0 Å². The number of nitrogens with one attached hydrogen (secondary N) is 1. The Morgan fingerprint density at radius 2 is 1.72 bits per heavy atom. The van der Waals surface area contributed by atoms with Crippen molar-refractivity contribution in [2.45, 2.75) is 30.6 Å². The minimum absolute atomic E-state index is 0.114. The normalized spacial score (nSPS) is 11.6. The van der Waals surface area contributed by atoms with E-state index in [1.54, 1.807) is 12.1 Å². The highest BCUT2D eigenvalue weighted by atomic mass is 32.2. The van der Waals surface area contributed by atoms with Gasteiger partial charge >= 0.3 is 5.97 Å². The van der Waals surface area contributed by atoms with E-state index < -0.39 is 16.0 Å². The Morgan fingerprint density at radius 3 is 2.40 bits per heavy atom. The number of fused-ring (bicyclic) bond motifs is 1. The van der Waals surface area contributed by atoms with Gasteiger partial charge in [-0.1, -0.05) is 30.7 Å². The van der Waals surface area contributed by atoms with Gasteiger partial charge in [-0.3, -0.25) is 4.79 Å². The lowest BCUT2D eigenvalue weighted by molar-refractivity contribution is -0.137. The lowest BCUT2D eigenvalue weighted by atomic mass is 10.1. The van der Waals surface area contributed by atoms with Gasteiger partial charge < -0.3 is 10.0 Å². The number of anilines is 1. The maximum atomic E-state index is 12.6. The minimum atomic E-state index is -3.62. The molecule has 0 atom stereocenters. The molecule has 0 saturated heterocycles. The fourth-order valence-electron chi connectivity index (χ4n) is 2.75. The monoisotopic (exact) mass is 364 g/mol. The molecule has 136 valence electrons. The van der Waals surface area contributed by atoms with Gasteiger partial charge in [-0.25, -0.2) is 13.1 Å². The summed E-state index contributed by atoms with van der Waals surface area (Å²) in [5.41, 5.74) is 0.961. The molecule has 7 heteroatoms. The fourth-order valence-corrected chi connectivity index (χ4v) is 4.04. The molecule has 2 rings (SSSR count). The van der Waals surface area contributed by atoms with Crippen molar-refractivity contribution < 1.29 is 18.3 Å². The van der Waals surface area contributed by atoms with Gasteiger partial charge in [0.1, 0.15) is 0 Å². The van der Waals surface area contributed by atoms with Crippen molar-refractivity contribution in [2.75, 3.05) is 25.5 Å². The van der Waals surface area contributed by atoms with E-state index in [0.29, 0.717) is 31.2 Å². The van der Waals surface area contributed by atoms with Gasteiger partial charge in [0.05, 0.1) is 4.90 Å². The number of carboxylic acids is 1. The zero-order valence-electron chi connectivity index (χ0n) is 14.5. The largest absolute Gasteiger partial charge is 0.481 e. The number of benzene rings is 2. The molecule has 2 aromatic carbocycles. The van der Waals surface area contributed by atoms with Crippen LogP contribution in [0.15, 0.2) is 41.3 Å². The van der Waals surface area contributed by atoms with Crippen LogP contribution in [-0.2, 0) is 14.8 Å². The van der Waals surface area contributed by atoms with Gasteiger partial charge in [0.15, 0.2) is 0 Å². The summed E-state index contributed by atoms with van der Waals surface area (Å²) in [5, 5.41) is 10.2. The van der Waals surface area contributed by atoms with Crippen LogP contribution in [0.4, 0.5) is 5.69 Å². The number of unbranched alkanes of at least 4 members (excludes halogenated alkanes) is 2. The molecule has 0 aliphatic carbocycles. The molecule has 0 amide bonds. The van der Waals surface area contributed by atoms with E-state index in [1.165, 1.54) is 0 Å². The smallest absolute Gasteiger partial charge is 0.303 e. The van der Waals surface area contributed by atoms with Crippen LogP contribution < -0.4 is 9.62 Å². The predicted octanol–water partition coefficient (Wildman–Crippen LogP) is 2.83. The molecular weight excluding hydrogens is 340 g/mol. The first-order valence-electron chi connectivity index (χ1n) is 8.23. The zero-order valence-corrected chi connectivity index (χ0v) is 15.3. The van der Waals surface area contributed by atoms with Crippen LogP contribution in [0.25, 0.3) is 10.8 Å². The molecule has 0 radical (unpaired) electrons. The topological polar surface area (TPSA) is 86.7 Å². The van der Waals surface area contributed by atoms with E-state index in [9.17, 15) is 13.2 Å². The number of aliphatic carboxylic acids is 1. The molecule has 0 bridgehead atoms. The Morgan fingerprint density at radius 1 is 1.04 bits per heavy atom. The summed E-state index contributed by atoms with van der Waals surface area (Å²) in [6, 6.07) is 10.9. The quantitative estimate of drug-likeness (QED) is 0.668. The summed E-state index contributed by atoms with van der Waals surface area (Å²) >= 11 is 0. The van der Waals surface area contributed by atoms with Crippen LogP contribution in [0, 0.1) is 0 Å². The molecule has 0 aliphatic rings. The molecule has 0 saturated carbocycles. The third kappa shape index (κ3) is 4.93. The predicted molar refractivity (Wildman–Crippen MR) is 99.6 cm³/mol. The SMILES string of the molecule is CN(C)c1cccc2c(S(=O)(=O)NCCCCCC(=O)O)cccc12. The van der Waals surface area contributed by atoms with E-state index in [2.05, 4.69) is 4.72 Å². The van der Waals surface area contributed by atoms with E-state index in [-0.39, 0.29) is 11.3 Å². The molecule has 0 fully saturated rings. The van der Waals surface area contributed by atoms with Gasteiger partial charge in [0.25, 0.3) is 0 Å². The summed E-state index contributed by atoms with van der Waals surface area (Å²) < 4.78 is 27.9. The number of carbonyl (C=O) groups is 1. The highest BCUT2D eigenvalue weighted by molar-refractivity contribution is 7.89. The van der Waals surface area contributed by atoms with Gasteiger partial charge in [0, 0.05) is 43.5 Å². The van der Waals surface area contributed by atoms with Gasteiger partial charge in [-0.2, -0.15) is 0 Å². The first-order valence-corrected chi connectivity index (χ1v) is 9.72. The number of carboxylic acid groups (broad SMARTS) is 1. The second-order valence-corrected chi connectivity index (χ2v) is 7.86. The van der Waals surface area contributed by atoms with E-state index in [1.807, 2.05) is 43.3 Å². The standard InChI is InChI=1S/C18H24N2O4S/c1-20(2)16-10-6-9-15-14(16)8-7-11-17(15)25(23,24)19-13-5-3-4-12-18(21)22/h6-11,19H,3-5,12-13H2,1-2H3,(H,21,22). The highest BCUT2D eigenvalue weighted by Crippen LogP contribution is 2.30. The summed E-state index contributed by atoms with van der Waals surface area (Å²) in [4.78, 5) is 12.7. The summed E-state index contributed by atoms with van der Waals surface area (Å²) in [6.45, 7) is 0.297. The maximum absolute atomic E-state index is 12.6. The molecule has 0 unspecified atom stereocenters. The summed E-state index contributed by atoms with van der Waals surface area (Å²) in [5.74, 6) is -0.826. The van der Waals surface area contributed by atoms with Crippen LogP contribution in [0.1, 0.15) is 25.7 Å². The first-order chi connectivity index (χ1) is 11.8. The van der Waals surface area contributed by atoms with Crippen molar-refractivity contribution in [3.8, 4) is 0 Å². The highest BCUT2D eigenvalue weighted by Gasteiger charge is 2.17. The van der Waals surface area contributed by atoms with Crippen molar-refractivity contribution in [2.24, 2.45) is 0 Å². The van der Waals surface area contributed by atoms with E-state index in [4.69, 9.17) is 5.11 Å². The Kier molecular flexibility index (Phi) is 6.39. The van der Waals surface area contributed by atoms with Crippen LogP contribution in [0.5, 0.6) is 0 Å². The average Bonchev–Trinajstić information content (AvgIpc) is 2.56. The van der Waals surface area contributed by atoms with Crippen LogP contribution in [0.2, 0.25) is 0 Å².